The number of anilines is 1. The Morgan fingerprint density at radius 3 is 2.72 bits per heavy atom. The number of hydrogen-bond acceptors (Lipinski definition) is 3. The van der Waals surface area contributed by atoms with Crippen LogP contribution in [0.15, 0.2) is 48.5 Å². The summed E-state index contributed by atoms with van der Waals surface area (Å²) in [5, 5.41) is 3.13. The molecule has 0 aliphatic carbocycles. The van der Waals surface area contributed by atoms with E-state index in [9.17, 15) is 9.59 Å². The third-order valence-corrected chi connectivity index (χ3v) is 7.05. The van der Waals surface area contributed by atoms with Crippen molar-refractivity contribution in [2.75, 3.05) is 18.5 Å². The molecule has 2 aromatic carbocycles. The van der Waals surface area contributed by atoms with Gasteiger partial charge in [0, 0.05) is 30.9 Å². The molecule has 29 heavy (non-hydrogen) atoms. The highest BCUT2D eigenvalue weighted by atomic mass is 16.2. The highest BCUT2D eigenvalue weighted by Crippen LogP contribution is 2.56. The maximum Gasteiger partial charge on any atom is 0.252 e. The molecule has 3 atom stereocenters. The summed E-state index contributed by atoms with van der Waals surface area (Å²) in [4.78, 5) is 31.2. The van der Waals surface area contributed by atoms with Gasteiger partial charge in [0.2, 0.25) is 5.91 Å². The van der Waals surface area contributed by atoms with Crippen LogP contribution in [0.2, 0.25) is 0 Å². The summed E-state index contributed by atoms with van der Waals surface area (Å²) in [6.07, 6.45) is 2.89. The van der Waals surface area contributed by atoms with E-state index < -0.39 is 5.54 Å². The van der Waals surface area contributed by atoms with Gasteiger partial charge in [-0.25, -0.2) is 0 Å². The van der Waals surface area contributed by atoms with E-state index in [4.69, 9.17) is 0 Å². The van der Waals surface area contributed by atoms with Crippen molar-refractivity contribution in [3.05, 3.63) is 65.2 Å². The largest absolute Gasteiger partial charge is 0.352 e. The SMILES string of the molecule is Cc1ccc(CNC(=O)C2CC3CCCN3C23C(=O)N(C)c2ccccc23)cc1. The van der Waals surface area contributed by atoms with Gasteiger partial charge in [-0.05, 0) is 44.4 Å². The lowest BCUT2D eigenvalue weighted by atomic mass is 9.78. The van der Waals surface area contributed by atoms with Gasteiger partial charge in [0.1, 0.15) is 5.54 Å². The predicted octanol–water partition coefficient (Wildman–Crippen LogP) is 2.97. The molecule has 1 N–H and O–H groups in total. The van der Waals surface area contributed by atoms with Crippen LogP contribution in [-0.2, 0) is 21.7 Å². The van der Waals surface area contributed by atoms with Crippen LogP contribution in [0.4, 0.5) is 5.69 Å². The van der Waals surface area contributed by atoms with Crippen molar-refractivity contribution in [3.63, 3.8) is 0 Å². The smallest absolute Gasteiger partial charge is 0.252 e. The number of nitrogens with zero attached hydrogens (tertiary/aromatic N) is 2. The molecule has 2 aromatic rings. The van der Waals surface area contributed by atoms with Crippen molar-refractivity contribution in [2.24, 2.45) is 5.92 Å². The Balaban J connectivity index is 1.50. The first-order valence-electron chi connectivity index (χ1n) is 10.5. The molecule has 3 unspecified atom stereocenters. The monoisotopic (exact) mass is 389 g/mol. The number of para-hydroxylation sites is 1. The van der Waals surface area contributed by atoms with Crippen molar-refractivity contribution in [3.8, 4) is 0 Å². The van der Waals surface area contributed by atoms with E-state index in [2.05, 4.69) is 29.3 Å². The lowest BCUT2D eigenvalue weighted by Gasteiger charge is -2.37. The van der Waals surface area contributed by atoms with E-state index in [-0.39, 0.29) is 17.7 Å². The normalized spacial score (nSPS) is 28.1. The molecule has 2 saturated heterocycles. The minimum atomic E-state index is -0.857. The molecular formula is C24H27N3O2. The highest BCUT2D eigenvalue weighted by Gasteiger charge is 2.66. The summed E-state index contributed by atoms with van der Waals surface area (Å²) in [7, 11) is 1.83. The Morgan fingerprint density at radius 1 is 1.17 bits per heavy atom. The van der Waals surface area contributed by atoms with Gasteiger partial charge in [0.25, 0.3) is 5.91 Å². The van der Waals surface area contributed by atoms with Crippen LogP contribution in [0.1, 0.15) is 36.0 Å². The molecule has 0 saturated carbocycles. The standard InChI is InChI=1S/C24H27N3O2/c1-16-9-11-17(12-10-16)15-25-22(28)20-14-18-6-5-13-27(18)24(20)19-7-3-4-8-21(19)26(2)23(24)29/h3-4,7-12,18,20H,5-6,13-15H2,1-2H3,(H,25,28). The zero-order valence-electron chi connectivity index (χ0n) is 17.0. The average molecular weight is 389 g/mol. The Bertz CT molecular complexity index is 970. The van der Waals surface area contributed by atoms with E-state index >= 15 is 0 Å². The van der Waals surface area contributed by atoms with Crippen LogP contribution in [0.25, 0.3) is 0 Å². The number of rotatable bonds is 3. The lowest BCUT2D eigenvalue weighted by Crippen LogP contribution is -2.55. The minimum absolute atomic E-state index is 0.0153. The van der Waals surface area contributed by atoms with Gasteiger partial charge in [-0.2, -0.15) is 0 Å². The molecule has 0 aromatic heterocycles. The molecule has 3 heterocycles. The van der Waals surface area contributed by atoms with Gasteiger partial charge >= 0.3 is 0 Å². The van der Waals surface area contributed by atoms with Gasteiger partial charge in [-0.1, -0.05) is 48.0 Å². The molecule has 150 valence electrons. The number of carbonyl (C=O) groups excluding carboxylic acids is 2. The van der Waals surface area contributed by atoms with Gasteiger partial charge in [-0.15, -0.1) is 0 Å². The van der Waals surface area contributed by atoms with E-state index in [1.165, 1.54) is 5.56 Å². The number of fused-ring (bicyclic) bond motifs is 4. The summed E-state index contributed by atoms with van der Waals surface area (Å²) < 4.78 is 0. The first-order valence-corrected chi connectivity index (χ1v) is 10.5. The number of amides is 2. The topological polar surface area (TPSA) is 52.7 Å². The number of aryl methyl sites for hydroxylation is 1. The second-order valence-corrected chi connectivity index (χ2v) is 8.63. The zero-order valence-corrected chi connectivity index (χ0v) is 17.0. The summed E-state index contributed by atoms with van der Waals surface area (Å²) >= 11 is 0. The van der Waals surface area contributed by atoms with Crippen LogP contribution in [0.3, 0.4) is 0 Å². The van der Waals surface area contributed by atoms with E-state index in [1.807, 2.05) is 43.4 Å². The average Bonchev–Trinajstić information content (AvgIpc) is 3.38. The third kappa shape index (κ3) is 2.57. The maximum absolute atomic E-state index is 13.7. The van der Waals surface area contributed by atoms with Crippen molar-refractivity contribution >= 4 is 17.5 Å². The Kier molecular flexibility index (Phi) is 4.24. The second-order valence-electron chi connectivity index (χ2n) is 8.63. The first kappa shape index (κ1) is 18.4. The molecule has 5 nitrogen and oxygen atoms in total. The van der Waals surface area contributed by atoms with E-state index in [1.54, 1.807) is 4.90 Å². The van der Waals surface area contributed by atoms with Gasteiger partial charge in [0.15, 0.2) is 0 Å². The van der Waals surface area contributed by atoms with Crippen molar-refractivity contribution < 1.29 is 9.59 Å². The number of benzene rings is 2. The van der Waals surface area contributed by atoms with Crippen LogP contribution >= 0.6 is 0 Å². The lowest BCUT2D eigenvalue weighted by molar-refractivity contribution is -0.138. The molecule has 2 amide bonds. The minimum Gasteiger partial charge on any atom is -0.352 e. The summed E-state index contributed by atoms with van der Waals surface area (Å²) in [6, 6.07) is 16.5. The summed E-state index contributed by atoms with van der Waals surface area (Å²) in [5.41, 5.74) is 3.34. The fourth-order valence-electron chi connectivity index (χ4n) is 5.69. The van der Waals surface area contributed by atoms with E-state index in [0.717, 1.165) is 42.6 Å². The molecule has 3 aliphatic heterocycles. The quantitative estimate of drug-likeness (QED) is 0.878. The molecular weight excluding hydrogens is 362 g/mol. The highest BCUT2D eigenvalue weighted by molar-refractivity contribution is 6.10. The summed E-state index contributed by atoms with van der Waals surface area (Å²) in [6.45, 7) is 3.42. The Labute approximate surface area is 171 Å². The molecule has 2 fully saturated rings. The van der Waals surface area contributed by atoms with Crippen molar-refractivity contribution in [2.45, 2.75) is 44.3 Å². The second kappa shape index (κ2) is 6.70. The first-order chi connectivity index (χ1) is 14.0. The predicted molar refractivity (Wildman–Crippen MR) is 112 cm³/mol. The maximum atomic E-state index is 13.7. The van der Waals surface area contributed by atoms with Crippen LogP contribution < -0.4 is 10.2 Å². The molecule has 3 aliphatic rings. The molecule has 5 rings (SSSR count). The van der Waals surface area contributed by atoms with Crippen LogP contribution in [0.5, 0.6) is 0 Å². The molecule has 1 spiro atoms. The van der Waals surface area contributed by atoms with Crippen molar-refractivity contribution in [1.82, 2.24) is 10.2 Å². The third-order valence-electron chi connectivity index (χ3n) is 7.05. The zero-order chi connectivity index (χ0) is 20.2. The molecule has 5 heteroatoms. The van der Waals surface area contributed by atoms with Gasteiger partial charge in [0.05, 0.1) is 5.92 Å². The molecule has 0 radical (unpaired) electrons. The number of carbonyl (C=O) groups is 2. The van der Waals surface area contributed by atoms with Gasteiger partial charge < -0.3 is 10.2 Å². The fraction of sp³-hybridized carbons (Fsp3) is 0.417. The van der Waals surface area contributed by atoms with Crippen LogP contribution in [-0.4, -0.2) is 36.3 Å². The van der Waals surface area contributed by atoms with E-state index in [0.29, 0.717) is 12.6 Å². The summed E-state index contributed by atoms with van der Waals surface area (Å²) in [5.74, 6) is -0.339. The number of hydrogen-bond donors (Lipinski definition) is 1. The number of nitrogens with one attached hydrogen (secondary N) is 1. The van der Waals surface area contributed by atoms with Crippen molar-refractivity contribution in [1.29, 1.82) is 0 Å². The number of likely N-dealkylation sites (N-methyl/N-ethyl adjacent to an activating group) is 1. The van der Waals surface area contributed by atoms with Gasteiger partial charge in [-0.3, -0.25) is 14.5 Å². The Morgan fingerprint density at radius 2 is 1.93 bits per heavy atom. The van der Waals surface area contributed by atoms with Crippen LogP contribution in [0, 0.1) is 12.8 Å². The Hall–Kier alpha value is -2.66. The fourth-order valence-corrected chi connectivity index (χ4v) is 5.69. The molecule has 0 bridgehead atoms.